The van der Waals surface area contributed by atoms with E-state index in [0.29, 0.717) is 19.0 Å². The molecule has 0 spiro atoms. The van der Waals surface area contributed by atoms with Crippen molar-refractivity contribution < 1.29 is 16.8 Å². The number of rotatable bonds is 5. The second-order valence-electron chi connectivity index (χ2n) is 7.58. The fourth-order valence-electron chi connectivity index (χ4n) is 3.88. The molecule has 1 N–H and O–H groups in total. The van der Waals surface area contributed by atoms with Crippen LogP contribution in [0.4, 0.5) is 0 Å². The summed E-state index contributed by atoms with van der Waals surface area (Å²) in [6, 6.07) is 5.51. The van der Waals surface area contributed by atoms with E-state index in [0.717, 1.165) is 32.1 Å². The van der Waals surface area contributed by atoms with Crippen LogP contribution in [-0.2, 0) is 20.0 Å². The van der Waals surface area contributed by atoms with E-state index in [1.165, 1.54) is 28.6 Å². The summed E-state index contributed by atoms with van der Waals surface area (Å²) in [6.07, 6.45) is 4.72. The smallest absolute Gasteiger partial charge is 0.208 e. The third-order valence-electron chi connectivity index (χ3n) is 5.85. The van der Waals surface area contributed by atoms with Crippen LogP contribution in [0.5, 0.6) is 0 Å². The lowest BCUT2D eigenvalue weighted by Crippen LogP contribution is -2.43. The molecule has 0 bridgehead atoms. The van der Waals surface area contributed by atoms with Crippen LogP contribution in [-0.4, -0.2) is 40.3 Å². The van der Waals surface area contributed by atoms with Crippen molar-refractivity contribution >= 4 is 20.0 Å². The molecule has 0 unspecified atom stereocenters. The molecule has 6 nitrogen and oxygen atoms in total. The highest BCUT2D eigenvalue weighted by atomic mass is 32.2. The van der Waals surface area contributed by atoms with Crippen LogP contribution >= 0.6 is 0 Å². The molecule has 3 atom stereocenters. The molecule has 1 aromatic rings. The van der Waals surface area contributed by atoms with Gasteiger partial charge in [0.1, 0.15) is 0 Å². The maximum absolute atomic E-state index is 12.7. The summed E-state index contributed by atoms with van der Waals surface area (Å²) in [4.78, 5) is 0.265. The molecule has 1 saturated heterocycles. The van der Waals surface area contributed by atoms with Crippen LogP contribution in [0.3, 0.4) is 0 Å². The minimum Gasteiger partial charge on any atom is -0.208 e. The Hall–Kier alpha value is -0.960. The van der Waals surface area contributed by atoms with E-state index in [1.807, 2.05) is 0 Å². The number of sulfonamides is 2. The zero-order chi connectivity index (χ0) is 18.9. The zero-order valence-corrected chi connectivity index (χ0v) is 17.0. The summed E-state index contributed by atoms with van der Waals surface area (Å²) in [5.41, 5.74) is 0. The van der Waals surface area contributed by atoms with Gasteiger partial charge in [-0.25, -0.2) is 21.6 Å². The van der Waals surface area contributed by atoms with Crippen LogP contribution in [0, 0.1) is 11.8 Å². The van der Waals surface area contributed by atoms with Crippen molar-refractivity contribution in [1.29, 1.82) is 0 Å². The fraction of sp³-hybridized carbons (Fsp3) is 0.667. The minimum atomic E-state index is -3.66. The first-order valence-corrected chi connectivity index (χ1v) is 12.3. The van der Waals surface area contributed by atoms with Gasteiger partial charge in [0.2, 0.25) is 20.0 Å². The third-order valence-corrected chi connectivity index (χ3v) is 9.27. The van der Waals surface area contributed by atoms with Crippen LogP contribution < -0.4 is 4.72 Å². The van der Waals surface area contributed by atoms with Crippen molar-refractivity contribution in [3.63, 3.8) is 0 Å². The highest BCUT2D eigenvalue weighted by Gasteiger charge is 2.31. The molecule has 0 aromatic heterocycles. The van der Waals surface area contributed by atoms with Gasteiger partial charge in [0.25, 0.3) is 0 Å². The lowest BCUT2D eigenvalue weighted by Gasteiger charge is -2.34. The van der Waals surface area contributed by atoms with E-state index in [1.54, 1.807) is 0 Å². The molecule has 0 radical (unpaired) electrons. The monoisotopic (exact) mass is 400 g/mol. The molecule has 2 aliphatic rings. The quantitative estimate of drug-likeness (QED) is 0.823. The molecule has 3 rings (SSSR count). The van der Waals surface area contributed by atoms with Crippen molar-refractivity contribution in [1.82, 2.24) is 9.03 Å². The van der Waals surface area contributed by atoms with Crippen molar-refractivity contribution in [3.05, 3.63) is 24.3 Å². The number of hydrogen-bond donors (Lipinski definition) is 1. The Morgan fingerprint density at radius 1 is 0.885 bits per heavy atom. The van der Waals surface area contributed by atoms with Gasteiger partial charge in [-0.2, -0.15) is 4.31 Å². The van der Waals surface area contributed by atoms with Crippen LogP contribution in [0.2, 0.25) is 0 Å². The van der Waals surface area contributed by atoms with Gasteiger partial charge in [-0.1, -0.05) is 26.7 Å². The van der Waals surface area contributed by atoms with Crippen LogP contribution in [0.25, 0.3) is 0 Å². The Kier molecular flexibility index (Phi) is 5.77. The number of benzene rings is 1. The zero-order valence-electron chi connectivity index (χ0n) is 15.4. The SMILES string of the molecule is C[C@@H]1[C@H](C)CCC[C@H]1NS(=O)(=O)c1ccc(S(=O)(=O)N2CCCC2)cc1. The van der Waals surface area contributed by atoms with Crippen molar-refractivity contribution in [2.45, 2.75) is 61.8 Å². The van der Waals surface area contributed by atoms with Crippen molar-refractivity contribution in [3.8, 4) is 0 Å². The fourth-order valence-corrected chi connectivity index (χ4v) is 6.76. The largest absolute Gasteiger partial charge is 0.243 e. The second-order valence-corrected chi connectivity index (χ2v) is 11.2. The minimum absolute atomic E-state index is 0.0724. The average Bonchev–Trinajstić information content (AvgIpc) is 3.14. The molecule has 1 aliphatic heterocycles. The summed E-state index contributed by atoms with van der Waals surface area (Å²) in [5, 5.41) is 0. The summed E-state index contributed by atoms with van der Waals surface area (Å²) in [7, 11) is -7.18. The van der Waals surface area contributed by atoms with Gasteiger partial charge < -0.3 is 0 Å². The second kappa shape index (κ2) is 7.58. The number of nitrogens with one attached hydrogen (secondary N) is 1. The Labute approximate surface area is 157 Å². The average molecular weight is 401 g/mol. The Morgan fingerprint density at radius 3 is 2.08 bits per heavy atom. The summed E-state index contributed by atoms with van der Waals surface area (Å²) >= 11 is 0. The molecule has 1 aliphatic carbocycles. The number of hydrogen-bond acceptors (Lipinski definition) is 4. The van der Waals surface area contributed by atoms with Gasteiger partial charge in [0.05, 0.1) is 9.79 Å². The Bertz CT molecular complexity index is 828. The van der Waals surface area contributed by atoms with Crippen LogP contribution in [0.1, 0.15) is 46.0 Å². The Balaban J connectivity index is 1.77. The first-order chi connectivity index (χ1) is 12.2. The topological polar surface area (TPSA) is 83.5 Å². The van der Waals surface area contributed by atoms with Gasteiger partial charge in [-0.3, -0.25) is 0 Å². The van der Waals surface area contributed by atoms with Gasteiger partial charge >= 0.3 is 0 Å². The molecule has 1 saturated carbocycles. The van der Waals surface area contributed by atoms with Crippen molar-refractivity contribution in [2.24, 2.45) is 11.8 Å². The van der Waals surface area contributed by atoms with E-state index in [-0.39, 0.29) is 21.8 Å². The highest BCUT2D eigenvalue weighted by molar-refractivity contribution is 7.89. The lowest BCUT2D eigenvalue weighted by molar-refractivity contribution is 0.227. The first kappa shape index (κ1) is 19.8. The third kappa shape index (κ3) is 3.98. The standard InChI is InChI=1S/C18H28N2O4S2/c1-14-6-5-7-18(15(14)2)19-25(21,22)16-8-10-17(11-9-16)26(23,24)20-12-3-4-13-20/h8-11,14-15,18-19H,3-7,12-13H2,1-2H3/t14-,15-,18-/m1/s1. The van der Waals surface area contributed by atoms with E-state index in [2.05, 4.69) is 18.6 Å². The number of nitrogens with zero attached hydrogens (tertiary/aromatic N) is 1. The summed E-state index contributed by atoms with van der Waals surface area (Å²) in [6.45, 7) is 5.30. The predicted molar refractivity (Wildman–Crippen MR) is 101 cm³/mol. The maximum atomic E-state index is 12.7. The van der Waals surface area contributed by atoms with E-state index < -0.39 is 20.0 Å². The van der Waals surface area contributed by atoms with E-state index in [9.17, 15) is 16.8 Å². The van der Waals surface area contributed by atoms with Gasteiger partial charge in [0, 0.05) is 19.1 Å². The van der Waals surface area contributed by atoms with E-state index in [4.69, 9.17) is 0 Å². The van der Waals surface area contributed by atoms with Gasteiger partial charge in [-0.05, 0) is 55.4 Å². The molecule has 0 amide bonds. The highest BCUT2D eigenvalue weighted by Crippen LogP contribution is 2.30. The molecule has 1 heterocycles. The Morgan fingerprint density at radius 2 is 1.46 bits per heavy atom. The molecular formula is C18H28N2O4S2. The molecule has 26 heavy (non-hydrogen) atoms. The molecule has 8 heteroatoms. The first-order valence-electron chi connectivity index (χ1n) is 9.34. The molecule has 2 fully saturated rings. The van der Waals surface area contributed by atoms with Gasteiger partial charge in [0.15, 0.2) is 0 Å². The molecule has 146 valence electrons. The van der Waals surface area contributed by atoms with E-state index >= 15 is 0 Å². The maximum Gasteiger partial charge on any atom is 0.243 e. The van der Waals surface area contributed by atoms with Crippen molar-refractivity contribution in [2.75, 3.05) is 13.1 Å². The summed E-state index contributed by atoms with van der Waals surface area (Å²) < 4.78 is 54.8. The normalized spacial score (nSPS) is 28.3. The summed E-state index contributed by atoms with van der Waals surface area (Å²) in [5.74, 6) is 0.776. The van der Waals surface area contributed by atoms with Crippen LogP contribution in [0.15, 0.2) is 34.1 Å². The predicted octanol–water partition coefficient (Wildman–Crippen LogP) is 2.57. The lowest BCUT2D eigenvalue weighted by atomic mass is 9.78. The van der Waals surface area contributed by atoms with Gasteiger partial charge in [-0.15, -0.1) is 0 Å². The molecule has 1 aromatic carbocycles. The molecular weight excluding hydrogens is 372 g/mol.